The third-order valence-electron chi connectivity index (χ3n) is 0.375. The summed E-state index contributed by atoms with van der Waals surface area (Å²) in [5, 5.41) is 0. The van der Waals surface area contributed by atoms with Crippen molar-refractivity contribution in [3.63, 3.8) is 0 Å². The van der Waals surface area contributed by atoms with Crippen LogP contribution < -0.4 is 0 Å². The van der Waals surface area contributed by atoms with Gasteiger partial charge >= 0.3 is 0 Å². The molecule has 0 fully saturated rings. The Bertz CT molecular complexity index is 278. The SMILES string of the molecule is [3H]C1=[C+]C([3H])=C([3H])C([3H])=C1[3H]. The van der Waals surface area contributed by atoms with Crippen LogP contribution in [0.15, 0.2) is 30.3 Å². The summed E-state index contributed by atoms with van der Waals surface area (Å²) in [6.45, 7) is 0. The fourth-order valence-electron chi connectivity index (χ4n) is 0.188. The summed E-state index contributed by atoms with van der Waals surface area (Å²) < 4.78 is 35.3. The van der Waals surface area contributed by atoms with Gasteiger partial charge in [0.15, 0.2) is 2.74 Å². The molecule has 0 radical (unpaired) electrons. The van der Waals surface area contributed by atoms with Crippen LogP contribution in [-0.4, -0.2) is 0 Å². The smallest absolute Gasteiger partial charge is 0.0395 e. The van der Waals surface area contributed by atoms with Crippen molar-refractivity contribution in [2.75, 3.05) is 0 Å². The molecule has 0 unspecified atom stereocenters. The number of hydrogen-bond donors (Lipinski definition) is 0. The first-order valence-corrected chi connectivity index (χ1v) is 1.50. The van der Waals surface area contributed by atoms with Gasteiger partial charge < -0.3 is 0 Å². The van der Waals surface area contributed by atoms with Crippen LogP contribution in [-0.2, 0) is 0 Å². The van der Waals surface area contributed by atoms with Crippen LogP contribution in [0.4, 0.5) is 0 Å². The lowest BCUT2D eigenvalue weighted by Gasteiger charge is -1.64. The largest absolute Gasteiger partial charge is 0.153 e. The van der Waals surface area contributed by atoms with Crippen LogP contribution in [0.5, 0.6) is 0 Å². The highest BCUT2D eigenvalue weighted by Gasteiger charge is 1.78. The first-order chi connectivity index (χ1) is 5.04. The second-order valence-corrected chi connectivity index (χ2v) is 0.750. The molecule has 0 aromatic carbocycles. The summed E-state index contributed by atoms with van der Waals surface area (Å²) >= 11 is 0. The normalized spacial score (nSPS) is 34.7. The predicted molar refractivity (Wildman–Crippen MR) is 26.1 cm³/mol. The Kier molecular flexibility index (Phi) is 0.218. The zero-order valence-corrected chi connectivity index (χ0v) is 3.00. The quantitative estimate of drug-likeness (QED) is 0.392. The van der Waals surface area contributed by atoms with E-state index >= 15 is 0 Å². The molecule has 1 aliphatic carbocycles. The van der Waals surface area contributed by atoms with E-state index in [0.29, 0.717) is 0 Å². The van der Waals surface area contributed by atoms with E-state index in [9.17, 15) is 0 Å². The lowest BCUT2D eigenvalue weighted by molar-refractivity contribution is 1.75. The van der Waals surface area contributed by atoms with Crippen LogP contribution in [0.25, 0.3) is 0 Å². The molecule has 0 spiro atoms. The van der Waals surface area contributed by atoms with Gasteiger partial charge in [-0.1, -0.05) is 0 Å². The Balaban J connectivity index is 3.28. The summed E-state index contributed by atoms with van der Waals surface area (Å²) in [7, 11) is 0. The minimum absolute atomic E-state index is 0.295. The summed E-state index contributed by atoms with van der Waals surface area (Å²) in [4.78, 5) is 0. The molecule has 1 rings (SSSR count). The van der Waals surface area contributed by atoms with Crippen molar-refractivity contribution >= 4 is 0 Å². The second kappa shape index (κ2) is 1.54. The molecule has 6 heavy (non-hydrogen) atoms. The summed E-state index contributed by atoms with van der Waals surface area (Å²) in [5.41, 5.74) is 0. The number of allylic oxidation sites excluding steroid dienone is 6. The van der Waals surface area contributed by atoms with Gasteiger partial charge in [-0.3, -0.25) is 0 Å². The van der Waals surface area contributed by atoms with Crippen LogP contribution in [0.1, 0.15) is 6.85 Å². The maximum Gasteiger partial charge on any atom is 0.153 e. The molecule has 0 heteroatoms. The van der Waals surface area contributed by atoms with Gasteiger partial charge in [0.25, 0.3) is 0 Å². The van der Waals surface area contributed by atoms with E-state index in [1.54, 1.807) is 0 Å². The topological polar surface area (TPSA) is 0 Å². The van der Waals surface area contributed by atoms with E-state index in [1.807, 2.05) is 0 Å². The van der Waals surface area contributed by atoms with Crippen molar-refractivity contribution < 1.29 is 6.85 Å². The van der Waals surface area contributed by atoms with Crippen molar-refractivity contribution in [2.45, 2.75) is 0 Å². The van der Waals surface area contributed by atoms with Gasteiger partial charge in [0.05, 0.1) is 1.37 Å². The first kappa shape index (κ1) is 0.853. The fraction of sp³-hybridized carbons (Fsp3) is 0. The lowest BCUT2D eigenvalue weighted by Crippen LogP contribution is -1.56. The monoisotopic (exact) mass is 87.1 g/mol. The molecule has 0 saturated heterocycles. The van der Waals surface area contributed by atoms with Gasteiger partial charge in [-0.15, -0.1) is 0 Å². The Hall–Kier alpha value is -0.870. The Morgan fingerprint density at radius 3 is 3.33 bits per heavy atom. The van der Waals surface area contributed by atoms with Gasteiger partial charge in [-0.25, -0.2) is 0 Å². The average molecular weight is 87.1 g/mol. The first-order valence-electron chi connectivity index (χ1n) is 4.00. The van der Waals surface area contributed by atoms with E-state index in [1.165, 1.54) is 0 Å². The molecule has 0 bridgehead atoms. The summed E-state index contributed by atoms with van der Waals surface area (Å²) in [6.07, 6.45) is 2.19. The van der Waals surface area contributed by atoms with Crippen LogP contribution >= 0.6 is 0 Å². The highest BCUT2D eigenvalue weighted by Crippen LogP contribution is 1.85. The Morgan fingerprint density at radius 2 is 2.33 bits per heavy atom. The van der Waals surface area contributed by atoms with Crippen molar-refractivity contribution in [3.8, 4) is 0 Å². The van der Waals surface area contributed by atoms with Gasteiger partial charge in [0.2, 0.25) is 0 Å². The van der Waals surface area contributed by atoms with E-state index in [0.717, 1.165) is 0 Å². The fourth-order valence-corrected chi connectivity index (χ4v) is 0.188. The molecular weight excluding hydrogens is 72.1 g/mol. The summed E-state index contributed by atoms with van der Waals surface area (Å²) in [6, 6.07) is -1.65. The number of hydrogen-bond acceptors (Lipinski definition) is 0. The molecule has 1 aliphatic rings. The third-order valence-corrected chi connectivity index (χ3v) is 0.375. The van der Waals surface area contributed by atoms with Crippen molar-refractivity contribution in [1.29, 1.82) is 0 Å². The molecule has 0 aromatic rings. The zero-order valence-electron chi connectivity index (χ0n) is 8.00. The van der Waals surface area contributed by atoms with Crippen LogP contribution in [0.3, 0.4) is 0 Å². The third kappa shape index (κ3) is 0.540. The number of rotatable bonds is 0. The minimum atomic E-state index is -0.376. The van der Waals surface area contributed by atoms with Gasteiger partial charge in [0.1, 0.15) is 14.8 Å². The molecule has 28 valence electrons. The van der Waals surface area contributed by atoms with Gasteiger partial charge in [-0.05, 0) is 0 Å². The van der Waals surface area contributed by atoms with E-state index in [4.69, 9.17) is 6.85 Å². The van der Waals surface area contributed by atoms with Crippen molar-refractivity contribution in [1.82, 2.24) is 0 Å². The molecule has 0 nitrogen and oxygen atoms in total. The highest BCUT2D eigenvalue weighted by atomic mass is 13.7. The predicted octanol–water partition coefficient (Wildman–Crippen LogP) is 1.47. The minimum Gasteiger partial charge on any atom is 0.0395 e. The Morgan fingerprint density at radius 1 is 1.33 bits per heavy atom. The molecule has 0 aliphatic heterocycles. The van der Waals surface area contributed by atoms with Crippen molar-refractivity contribution in [2.24, 2.45) is 0 Å². The van der Waals surface area contributed by atoms with Gasteiger partial charge in [0, 0.05) is 24.2 Å². The van der Waals surface area contributed by atoms with Crippen LogP contribution in [0.2, 0.25) is 0 Å². The Labute approximate surface area is 44.5 Å². The lowest BCUT2D eigenvalue weighted by atomic mass is 10.3. The molecule has 0 aromatic heterocycles. The summed E-state index contributed by atoms with van der Waals surface area (Å²) in [5.74, 6) is 0. The maximum atomic E-state index is 7.09. The molecular formula is C6H5+. The molecule has 0 heterocycles. The van der Waals surface area contributed by atoms with Crippen molar-refractivity contribution in [3.05, 3.63) is 36.3 Å². The highest BCUT2D eigenvalue weighted by molar-refractivity contribution is 5.18. The van der Waals surface area contributed by atoms with E-state index < -0.39 is 0 Å². The van der Waals surface area contributed by atoms with E-state index in [-0.39, 0.29) is 30.3 Å². The van der Waals surface area contributed by atoms with E-state index in [2.05, 4.69) is 6.08 Å². The maximum absolute atomic E-state index is 7.09. The van der Waals surface area contributed by atoms with Gasteiger partial charge in [-0.2, -0.15) is 0 Å². The molecule has 0 saturated carbocycles. The molecule has 0 atom stereocenters. The molecule has 0 N–H and O–H groups in total. The second-order valence-electron chi connectivity index (χ2n) is 0.750. The average Bonchev–Trinajstić information content (AvgIpc) is 1.97. The van der Waals surface area contributed by atoms with Crippen LogP contribution in [0, 0.1) is 6.08 Å². The standard InChI is InChI=1S/C6H5/c1-2-4-6-5-3-1/h1-5H/q+1/i1T,2T,3T,4T,5T. The molecule has 0 amide bonds. The zero-order chi connectivity index (χ0) is 8.59.